The van der Waals surface area contributed by atoms with Gasteiger partial charge in [0, 0.05) is 11.9 Å². The molecule has 2 rings (SSSR count). The van der Waals surface area contributed by atoms with Crippen LogP contribution in [0.1, 0.15) is 20.3 Å². The summed E-state index contributed by atoms with van der Waals surface area (Å²) >= 11 is 0. The molecule has 0 N–H and O–H groups in total. The number of hydrogen-bond acceptors (Lipinski definition) is 2. The van der Waals surface area contributed by atoms with Crippen molar-refractivity contribution in [2.75, 3.05) is 0 Å². The Morgan fingerprint density at radius 1 is 1.50 bits per heavy atom. The minimum absolute atomic E-state index is 0.308. The van der Waals surface area contributed by atoms with E-state index in [9.17, 15) is 9.18 Å². The standard InChI is InChI=1S/C13H14FNO/c1-9-3-5-12-6-4-11(14)7-15(12)13(8-16)10(9)2/h4-9H,3H2,1-2H3. The van der Waals surface area contributed by atoms with Crippen LogP contribution in [0.25, 0.3) is 0 Å². The number of nitrogens with zero attached hydrogens (tertiary/aromatic N) is 1. The van der Waals surface area contributed by atoms with Crippen LogP contribution in [0.2, 0.25) is 0 Å². The van der Waals surface area contributed by atoms with Gasteiger partial charge in [-0.2, -0.15) is 0 Å². The molecule has 0 aromatic rings. The SMILES string of the molecule is CC1=C(C=O)N2C=C(F)C=CC2=CCC1C. The number of carbonyl (C=O) groups is 1. The van der Waals surface area contributed by atoms with Gasteiger partial charge in [-0.05, 0) is 37.0 Å². The second-order valence-corrected chi connectivity index (χ2v) is 4.17. The summed E-state index contributed by atoms with van der Waals surface area (Å²) in [5.41, 5.74) is 2.42. The average Bonchev–Trinajstić information content (AvgIpc) is 2.38. The zero-order chi connectivity index (χ0) is 11.7. The number of carbonyl (C=O) groups excluding carboxylic acids is 1. The average molecular weight is 219 g/mol. The molecular formula is C13H14FNO. The minimum atomic E-state index is -0.334. The predicted octanol–water partition coefficient (Wildman–Crippen LogP) is 3.07. The predicted molar refractivity (Wildman–Crippen MR) is 60.8 cm³/mol. The Kier molecular flexibility index (Phi) is 2.77. The maximum absolute atomic E-state index is 13.2. The second kappa shape index (κ2) is 4.08. The van der Waals surface area contributed by atoms with Crippen molar-refractivity contribution < 1.29 is 9.18 Å². The van der Waals surface area contributed by atoms with Gasteiger partial charge in [0.25, 0.3) is 0 Å². The van der Waals surface area contributed by atoms with Gasteiger partial charge in [0.05, 0.1) is 5.70 Å². The molecule has 0 aromatic heterocycles. The largest absolute Gasteiger partial charge is 0.312 e. The lowest BCUT2D eigenvalue weighted by Crippen LogP contribution is -2.19. The quantitative estimate of drug-likeness (QED) is 0.632. The fourth-order valence-corrected chi connectivity index (χ4v) is 1.93. The van der Waals surface area contributed by atoms with Crippen molar-refractivity contribution in [2.45, 2.75) is 20.3 Å². The third kappa shape index (κ3) is 1.73. The van der Waals surface area contributed by atoms with Crippen molar-refractivity contribution in [3.63, 3.8) is 0 Å². The molecule has 3 heteroatoms. The van der Waals surface area contributed by atoms with Gasteiger partial charge in [0.2, 0.25) is 0 Å². The van der Waals surface area contributed by atoms with Crippen LogP contribution in [-0.4, -0.2) is 11.2 Å². The maximum atomic E-state index is 13.2. The summed E-state index contributed by atoms with van der Waals surface area (Å²) in [6.07, 6.45) is 8.17. The Hall–Kier alpha value is -1.64. The van der Waals surface area contributed by atoms with E-state index in [4.69, 9.17) is 0 Å². The molecule has 0 radical (unpaired) electrons. The molecule has 2 heterocycles. The number of halogens is 1. The van der Waals surface area contributed by atoms with Gasteiger partial charge in [-0.25, -0.2) is 4.39 Å². The van der Waals surface area contributed by atoms with Crippen LogP contribution in [0.4, 0.5) is 4.39 Å². The zero-order valence-electron chi connectivity index (χ0n) is 9.40. The normalized spacial score (nSPS) is 24.7. The minimum Gasteiger partial charge on any atom is -0.312 e. The Labute approximate surface area is 94.4 Å². The molecule has 0 saturated heterocycles. The smallest absolute Gasteiger partial charge is 0.166 e. The van der Waals surface area contributed by atoms with Gasteiger partial charge in [-0.1, -0.05) is 13.0 Å². The fourth-order valence-electron chi connectivity index (χ4n) is 1.93. The van der Waals surface area contributed by atoms with E-state index in [0.29, 0.717) is 11.6 Å². The summed E-state index contributed by atoms with van der Waals surface area (Å²) in [5, 5.41) is 0. The molecule has 0 aromatic carbocycles. The Morgan fingerprint density at radius 3 is 2.94 bits per heavy atom. The first-order valence-corrected chi connectivity index (χ1v) is 5.34. The van der Waals surface area contributed by atoms with Gasteiger partial charge in [-0.3, -0.25) is 4.79 Å². The van der Waals surface area contributed by atoms with Gasteiger partial charge < -0.3 is 4.90 Å². The molecule has 2 nitrogen and oxygen atoms in total. The summed E-state index contributed by atoms with van der Waals surface area (Å²) in [5.74, 6) is -0.0259. The number of rotatable bonds is 1. The van der Waals surface area contributed by atoms with Crippen molar-refractivity contribution >= 4 is 6.29 Å². The van der Waals surface area contributed by atoms with E-state index >= 15 is 0 Å². The lowest BCUT2D eigenvalue weighted by atomic mass is 9.98. The van der Waals surface area contributed by atoms with Crippen LogP contribution in [0.15, 0.2) is 47.2 Å². The van der Waals surface area contributed by atoms with Gasteiger partial charge in [0.15, 0.2) is 6.29 Å². The number of hydrogen-bond donors (Lipinski definition) is 0. The van der Waals surface area contributed by atoms with E-state index in [2.05, 4.69) is 6.92 Å². The first kappa shape index (κ1) is 10.9. The monoisotopic (exact) mass is 219 g/mol. The van der Waals surface area contributed by atoms with E-state index < -0.39 is 0 Å². The molecule has 2 aliphatic rings. The molecule has 16 heavy (non-hydrogen) atoms. The van der Waals surface area contributed by atoms with Crippen LogP contribution in [0, 0.1) is 5.92 Å². The van der Waals surface area contributed by atoms with E-state index in [1.54, 1.807) is 11.0 Å². The molecule has 84 valence electrons. The van der Waals surface area contributed by atoms with Crippen LogP contribution in [0.3, 0.4) is 0 Å². The van der Waals surface area contributed by atoms with Crippen LogP contribution < -0.4 is 0 Å². The van der Waals surface area contributed by atoms with E-state index in [1.165, 1.54) is 12.3 Å². The maximum Gasteiger partial charge on any atom is 0.166 e. The van der Waals surface area contributed by atoms with Gasteiger partial charge >= 0.3 is 0 Å². The van der Waals surface area contributed by atoms with E-state index in [-0.39, 0.29) is 5.83 Å². The van der Waals surface area contributed by atoms with Crippen LogP contribution >= 0.6 is 0 Å². The second-order valence-electron chi connectivity index (χ2n) is 4.17. The molecule has 2 aliphatic heterocycles. The van der Waals surface area contributed by atoms with Crippen molar-refractivity contribution in [3.05, 3.63) is 47.2 Å². The van der Waals surface area contributed by atoms with Crippen molar-refractivity contribution in [1.29, 1.82) is 0 Å². The van der Waals surface area contributed by atoms with Crippen molar-refractivity contribution in [1.82, 2.24) is 4.90 Å². The summed E-state index contributed by atoms with van der Waals surface area (Å²) < 4.78 is 13.2. The summed E-state index contributed by atoms with van der Waals surface area (Å²) in [7, 11) is 0. The molecule has 0 bridgehead atoms. The molecular weight excluding hydrogens is 205 g/mol. The zero-order valence-corrected chi connectivity index (χ0v) is 9.40. The van der Waals surface area contributed by atoms with Crippen molar-refractivity contribution in [3.8, 4) is 0 Å². The van der Waals surface area contributed by atoms with Gasteiger partial charge in [0.1, 0.15) is 5.83 Å². The third-order valence-electron chi connectivity index (χ3n) is 3.14. The first-order valence-electron chi connectivity index (χ1n) is 5.34. The first-order chi connectivity index (χ1) is 7.63. The highest BCUT2D eigenvalue weighted by atomic mass is 19.1. The third-order valence-corrected chi connectivity index (χ3v) is 3.14. The molecule has 0 aliphatic carbocycles. The molecule has 0 amide bonds. The van der Waals surface area contributed by atoms with Crippen LogP contribution in [0.5, 0.6) is 0 Å². The summed E-state index contributed by atoms with van der Waals surface area (Å²) in [6, 6.07) is 0. The van der Waals surface area contributed by atoms with Crippen LogP contribution in [-0.2, 0) is 4.79 Å². The number of allylic oxidation sites excluding steroid dienone is 6. The fraction of sp³-hybridized carbons (Fsp3) is 0.308. The lowest BCUT2D eigenvalue weighted by molar-refractivity contribution is -0.105. The Balaban J connectivity index is 2.53. The number of fused-ring (bicyclic) bond motifs is 1. The van der Waals surface area contributed by atoms with Crippen molar-refractivity contribution in [2.24, 2.45) is 5.92 Å². The molecule has 1 atom stereocenters. The van der Waals surface area contributed by atoms with E-state index in [1.807, 2.05) is 13.0 Å². The highest BCUT2D eigenvalue weighted by Gasteiger charge is 2.22. The molecule has 0 fully saturated rings. The molecule has 0 saturated carbocycles. The highest BCUT2D eigenvalue weighted by molar-refractivity contribution is 5.75. The highest BCUT2D eigenvalue weighted by Crippen LogP contribution is 2.31. The molecule has 1 unspecified atom stereocenters. The summed E-state index contributed by atoms with van der Waals surface area (Å²) in [4.78, 5) is 12.8. The van der Waals surface area contributed by atoms with E-state index in [0.717, 1.165) is 24.0 Å². The van der Waals surface area contributed by atoms with Gasteiger partial charge in [-0.15, -0.1) is 0 Å². The lowest BCUT2D eigenvalue weighted by Gasteiger charge is -2.24. The summed E-state index contributed by atoms with van der Waals surface area (Å²) in [6.45, 7) is 3.99. The molecule has 0 spiro atoms. The Bertz CT molecular complexity index is 443. The number of aldehydes is 1. The topological polar surface area (TPSA) is 20.3 Å². The Morgan fingerprint density at radius 2 is 2.25 bits per heavy atom.